The molecule has 4 heteroatoms. The van der Waals surface area contributed by atoms with Gasteiger partial charge in [0.05, 0.1) is 0 Å². The second-order valence-corrected chi connectivity index (χ2v) is 3.88. The summed E-state index contributed by atoms with van der Waals surface area (Å²) in [4.78, 5) is 7.96. The molecule has 0 bridgehead atoms. The summed E-state index contributed by atoms with van der Waals surface area (Å²) in [5, 5.41) is 3.81. The van der Waals surface area contributed by atoms with Crippen molar-refractivity contribution in [2.45, 2.75) is 6.54 Å². The Morgan fingerprint density at radius 3 is 2.62 bits per heavy atom. The van der Waals surface area contributed by atoms with Crippen molar-refractivity contribution in [2.24, 2.45) is 0 Å². The van der Waals surface area contributed by atoms with Gasteiger partial charge in [-0.05, 0) is 18.7 Å². The van der Waals surface area contributed by atoms with Crippen LogP contribution < -0.4 is 5.32 Å². The molecule has 0 spiro atoms. The average Bonchev–Trinajstić information content (AvgIpc) is 2.31. The van der Waals surface area contributed by atoms with Gasteiger partial charge in [-0.15, -0.1) is 0 Å². The SMILES string of the molecule is CNCc1ccc(-c2cncnc2)c(Cl)c1. The first-order chi connectivity index (χ1) is 7.81. The fourth-order valence-electron chi connectivity index (χ4n) is 1.54. The summed E-state index contributed by atoms with van der Waals surface area (Å²) >= 11 is 6.22. The second kappa shape index (κ2) is 5.05. The Morgan fingerprint density at radius 2 is 2.00 bits per heavy atom. The zero-order valence-corrected chi connectivity index (χ0v) is 9.70. The van der Waals surface area contributed by atoms with Crippen LogP contribution in [-0.2, 0) is 6.54 Å². The second-order valence-electron chi connectivity index (χ2n) is 3.47. The van der Waals surface area contributed by atoms with E-state index in [2.05, 4.69) is 15.3 Å². The van der Waals surface area contributed by atoms with Crippen LogP contribution in [0.3, 0.4) is 0 Å². The predicted octanol–water partition coefficient (Wildman–Crippen LogP) is 2.52. The van der Waals surface area contributed by atoms with E-state index in [1.165, 1.54) is 6.33 Å². The largest absolute Gasteiger partial charge is 0.316 e. The summed E-state index contributed by atoms with van der Waals surface area (Å²) in [6, 6.07) is 6.00. The highest BCUT2D eigenvalue weighted by Gasteiger charge is 2.04. The molecule has 3 nitrogen and oxygen atoms in total. The van der Waals surface area contributed by atoms with Crippen LogP contribution in [0.25, 0.3) is 11.1 Å². The van der Waals surface area contributed by atoms with Crippen LogP contribution in [0.4, 0.5) is 0 Å². The maximum atomic E-state index is 6.22. The molecular formula is C12H12ClN3. The van der Waals surface area contributed by atoms with Gasteiger partial charge >= 0.3 is 0 Å². The van der Waals surface area contributed by atoms with Crippen LogP contribution in [-0.4, -0.2) is 17.0 Å². The van der Waals surface area contributed by atoms with Gasteiger partial charge in [0, 0.05) is 35.1 Å². The van der Waals surface area contributed by atoms with Gasteiger partial charge in [0.25, 0.3) is 0 Å². The number of nitrogens with one attached hydrogen (secondary N) is 1. The molecule has 16 heavy (non-hydrogen) atoms. The summed E-state index contributed by atoms with van der Waals surface area (Å²) in [6.07, 6.45) is 5.02. The monoisotopic (exact) mass is 233 g/mol. The van der Waals surface area contributed by atoms with Gasteiger partial charge in [0.2, 0.25) is 0 Å². The third-order valence-electron chi connectivity index (χ3n) is 2.29. The van der Waals surface area contributed by atoms with Crippen LogP contribution in [0.1, 0.15) is 5.56 Å². The number of rotatable bonds is 3. The molecule has 2 rings (SSSR count). The van der Waals surface area contributed by atoms with Crippen LogP contribution >= 0.6 is 11.6 Å². The summed E-state index contributed by atoms with van der Waals surface area (Å²) < 4.78 is 0. The Hall–Kier alpha value is -1.45. The highest BCUT2D eigenvalue weighted by Crippen LogP contribution is 2.27. The van der Waals surface area contributed by atoms with E-state index in [1.807, 2.05) is 25.2 Å². The zero-order valence-electron chi connectivity index (χ0n) is 8.94. The fourth-order valence-corrected chi connectivity index (χ4v) is 1.86. The van der Waals surface area contributed by atoms with E-state index in [0.29, 0.717) is 0 Å². The van der Waals surface area contributed by atoms with Gasteiger partial charge in [-0.3, -0.25) is 0 Å². The minimum Gasteiger partial charge on any atom is -0.316 e. The van der Waals surface area contributed by atoms with Crippen molar-refractivity contribution in [1.29, 1.82) is 0 Å². The molecule has 82 valence electrons. The molecule has 0 unspecified atom stereocenters. The first-order valence-corrected chi connectivity index (χ1v) is 5.37. The number of benzene rings is 1. The first kappa shape index (κ1) is 11.0. The van der Waals surface area contributed by atoms with E-state index < -0.39 is 0 Å². The van der Waals surface area contributed by atoms with E-state index >= 15 is 0 Å². The number of halogens is 1. The van der Waals surface area contributed by atoms with Crippen molar-refractivity contribution in [3.05, 3.63) is 47.5 Å². The summed E-state index contributed by atoms with van der Waals surface area (Å²) in [5.74, 6) is 0. The molecule has 2 aromatic rings. The molecular weight excluding hydrogens is 222 g/mol. The number of hydrogen-bond acceptors (Lipinski definition) is 3. The summed E-state index contributed by atoms with van der Waals surface area (Å²) in [5.41, 5.74) is 3.05. The summed E-state index contributed by atoms with van der Waals surface area (Å²) in [7, 11) is 1.91. The van der Waals surface area contributed by atoms with Crippen molar-refractivity contribution in [1.82, 2.24) is 15.3 Å². The third-order valence-corrected chi connectivity index (χ3v) is 2.60. The molecule has 0 radical (unpaired) electrons. The molecule has 1 aromatic heterocycles. The molecule has 0 fully saturated rings. The van der Waals surface area contributed by atoms with Crippen molar-refractivity contribution in [3.63, 3.8) is 0 Å². The highest BCUT2D eigenvalue weighted by molar-refractivity contribution is 6.33. The Balaban J connectivity index is 2.37. The molecule has 0 aliphatic carbocycles. The Morgan fingerprint density at radius 1 is 1.25 bits per heavy atom. The maximum absolute atomic E-state index is 6.22. The number of aromatic nitrogens is 2. The van der Waals surface area contributed by atoms with Crippen molar-refractivity contribution in [2.75, 3.05) is 7.05 Å². The lowest BCUT2D eigenvalue weighted by Gasteiger charge is -2.06. The number of hydrogen-bond donors (Lipinski definition) is 1. The molecule has 0 aliphatic heterocycles. The lowest BCUT2D eigenvalue weighted by atomic mass is 10.1. The predicted molar refractivity (Wildman–Crippen MR) is 65.2 cm³/mol. The van der Waals surface area contributed by atoms with Crippen LogP contribution in [0.2, 0.25) is 5.02 Å². The topological polar surface area (TPSA) is 37.8 Å². The van der Waals surface area contributed by atoms with Crippen molar-refractivity contribution in [3.8, 4) is 11.1 Å². The van der Waals surface area contributed by atoms with Crippen LogP contribution in [0.5, 0.6) is 0 Å². The van der Waals surface area contributed by atoms with Crippen molar-refractivity contribution >= 4 is 11.6 Å². The molecule has 0 amide bonds. The summed E-state index contributed by atoms with van der Waals surface area (Å²) in [6.45, 7) is 0.811. The maximum Gasteiger partial charge on any atom is 0.115 e. The van der Waals surface area contributed by atoms with Gasteiger partial charge < -0.3 is 5.32 Å². The highest BCUT2D eigenvalue weighted by atomic mass is 35.5. The van der Waals surface area contributed by atoms with E-state index in [0.717, 1.165) is 28.3 Å². The minimum atomic E-state index is 0.725. The van der Waals surface area contributed by atoms with Crippen LogP contribution in [0, 0.1) is 0 Å². The third kappa shape index (κ3) is 2.38. The quantitative estimate of drug-likeness (QED) is 0.885. The van der Waals surface area contributed by atoms with Gasteiger partial charge in [-0.25, -0.2) is 9.97 Å². The fraction of sp³-hybridized carbons (Fsp3) is 0.167. The van der Waals surface area contributed by atoms with Gasteiger partial charge in [-0.2, -0.15) is 0 Å². The Kier molecular flexibility index (Phi) is 3.49. The Labute approximate surface area is 99.5 Å². The minimum absolute atomic E-state index is 0.725. The smallest absolute Gasteiger partial charge is 0.115 e. The van der Waals surface area contributed by atoms with Crippen molar-refractivity contribution < 1.29 is 0 Å². The van der Waals surface area contributed by atoms with E-state index in [9.17, 15) is 0 Å². The normalized spacial score (nSPS) is 10.4. The molecule has 1 N–H and O–H groups in total. The molecule has 1 aromatic carbocycles. The first-order valence-electron chi connectivity index (χ1n) is 4.99. The van der Waals surface area contributed by atoms with E-state index in [4.69, 9.17) is 11.6 Å². The van der Waals surface area contributed by atoms with Gasteiger partial charge in [0.15, 0.2) is 0 Å². The van der Waals surface area contributed by atoms with E-state index in [1.54, 1.807) is 12.4 Å². The molecule has 0 aliphatic rings. The number of nitrogens with zero attached hydrogens (tertiary/aromatic N) is 2. The molecule has 1 heterocycles. The molecule has 0 saturated carbocycles. The average molecular weight is 234 g/mol. The van der Waals surface area contributed by atoms with Crippen LogP contribution in [0.15, 0.2) is 36.9 Å². The van der Waals surface area contributed by atoms with Gasteiger partial charge in [0.1, 0.15) is 6.33 Å². The lowest BCUT2D eigenvalue weighted by Crippen LogP contribution is -2.04. The van der Waals surface area contributed by atoms with E-state index in [-0.39, 0.29) is 0 Å². The standard InChI is InChI=1S/C12H12ClN3/c1-14-5-9-2-3-11(12(13)4-9)10-6-15-8-16-7-10/h2-4,6-8,14H,5H2,1H3. The zero-order chi connectivity index (χ0) is 11.4. The Bertz CT molecular complexity index is 471. The molecule has 0 atom stereocenters. The lowest BCUT2D eigenvalue weighted by molar-refractivity contribution is 0.818. The van der Waals surface area contributed by atoms with Gasteiger partial charge in [-0.1, -0.05) is 23.7 Å². The molecule has 0 saturated heterocycles.